The number of unbranched alkanes of at least 4 members (excludes halogenated alkanes) is 2. The number of halogens is 2. The molecule has 3 saturated heterocycles. The minimum Gasteiger partial charge on any atom is -0.463 e. The van der Waals surface area contributed by atoms with Crippen LogP contribution in [0.5, 0.6) is 0 Å². The molecule has 3 fully saturated rings. The number of aromatic nitrogens is 1. The summed E-state index contributed by atoms with van der Waals surface area (Å²) in [6, 6.07) is -0.519. The fourth-order valence-corrected chi connectivity index (χ4v) is 7.62. The molecule has 3 aliphatic heterocycles. The Kier molecular flexibility index (Phi) is 16.6. The van der Waals surface area contributed by atoms with E-state index in [1.54, 1.807) is 24.3 Å². The maximum absolute atomic E-state index is 14.5. The Morgan fingerprint density at radius 3 is 2.35 bits per heavy atom. The van der Waals surface area contributed by atoms with Crippen molar-refractivity contribution < 1.29 is 56.6 Å². The number of benzene rings is 1. The molecule has 4 heterocycles. The number of carbonyl (C=O) groups is 8. The van der Waals surface area contributed by atoms with Crippen molar-refractivity contribution in [3.63, 3.8) is 0 Å². The number of allylic oxidation sites excluding steroid dienone is 1. The van der Waals surface area contributed by atoms with Crippen molar-refractivity contribution in [2.24, 2.45) is 0 Å². The summed E-state index contributed by atoms with van der Waals surface area (Å²) in [7, 11) is 1.30. The zero-order valence-electron chi connectivity index (χ0n) is 35.0. The van der Waals surface area contributed by atoms with E-state index in [0.29, 0.717) is 31.0 Å². The van der Waals surface area contributed by atoms with Gasteiger partial charge in [-0.15, -0.1) is 0 Å². The van der Waals surface area contributed by atoms with Crippen molar-refractivity contribution in [2.45, 2.75) is 108 Å². The summed E-state index contributed by atoms with van der Waals surface area (Å²) >= 11 is 0. The van der Waals surface area contributed by atoms with Crippen LogP contribution in [0.25, 0.3) is 0 Å². The van der Waals surface area contributed by atoms with Crippen molar-refractivity contribution >= 4 is 47.4 Å². The molecule has 3 N–H and O–H groups in total. The third-order valence-electron chi connectivity index (χ3n) is 10.9. The van der Waals surface area contributed by atoms with Crippen LogP contribution in [0.1, 0.15) is 70.1 Å². The van der Waals surface area contributed by atoms with Gasteiger partial charge in [-0.25, -0.2) is 13.6 Å². The summed E-state index contributed by atoms with van der Waals surface area (Å²) in [5.74, 6) is -8.19. The second-order valence-corrected chi connectivity index (χ2v) is 15.5. The predicted octanol–water partition coefficient (Wildman–Crippen LogP) is 1.27. The molecule has 3 aliphatic rings. The zero-order chi connectivity index (χ0) is 44.9. The Hall–Kier alpha value is -6.27. The highest BCUT2D eigenvalue weighted by atomic mass is 19.1. The Balaban J connectivity index is 1.45. The molecule has 0 saturated carbocycles. The van der Waals surface area contributed by atoms with Crippen LogP contribution in [-0.2, 0) is 60.7 Å². The number of esters is 2. The van der Waals surface area contributed by atoms with Crippen molar-refractivity contribution in [3.05, 3.63) is 77.6 Å². The molecular formula is C43H53F2N7O10. The summed E-state index contributed by atoms with van der Waals surface area (Å²) in [5.41, 5.74) is 0.419. The number of cyclic esters (lactones) is 1. The average molecular weight is 866 g/mol. The van der Waals surface area contributed by atoms with E-state index in [2.05, 4.69) is 20.9 Å². The predicted molar refractivity (Wildman–Crippen MR) is 216 cm³/mol. The Morgan fingerprint density at radius 2 is 1.68 bits per heavy atom. The minimum atomic E-state index is -1.65. The van der Waals surface area contributed by atoms with Gasteiger partial charge in [0.2, 0.25) is 35.4 Å². The molecule has 334 valence electrons. The lowest BCUT2D eigenvalue weighted by Gasteiger charge is -2.35. The van der Waals surface area contributed by atoms with Crippen molar-refractivity contribution in [1.29, 1.82) is 0 Å². The van der Waals surface area contributed by atoms with Gasteiger partial charge in [0.15, 0.2) is 0 Å². The number of hydrogen-bond donors (Lipinski definition) is 3. The van der Waals surface area contributed by atoms with Gasteiger partial charge in [-0.1, -0.05) is 31.9 Å². The van der Waals surface area contributed by atoms with E-state index in [1.165, 1.54) is 36.0 Å². The van der Waals surface area contributed by atoms with E-state index in [-0.39, 0.29) is 37.9 Å². The molecule has 1 aromatic heterocycles. The summed E-state index contributed by atoms with van der Waals surface area (Å²) in [6.45, 7) is 2.18. The van der Waals surface area contributed by atoms with Crippen LogP contribution in [0.15, 0.2) is 54.7 Å². The van der Waals surface area contributed by atoms with Crippen molar-refractivity contribution in [1.82, 2.24) is 35.6 Å². The highest BCUT2D eigenvalue weighted by Crippen LogP contribution is 2.24. The quantitative estimate of drug-likeness (QED) is 0.148. The van der Waals surface area contributed by atoms with Gasteiger partial charge < -0.3 is 40.1 Å². The summed E-state index contributed by atoms with van der Waals surface area (Å²) in [4.78, 5) is 118. The zero-order valence-corrected chi connectivity index (χ0v) is 35.0. The van der Waals surface area contributed by atoms with E-state index < -0.39 is 115 Å². The number of hydrogen-bond acceptors (Lipinski definition) is 11. The molecule has 0 radical (unpaired) electrons. The summed E-state index contributed by atoms with van der Waals surface area (Å²) < 4.78 is 39.6. The molecule has 6 amide bonds. The topological polar surface area (TPSA) is 214 Å². The molecular weight excluding hydrogens is 813 g/mol. The lowest BCUT2D eigenvalue weighted by Crippen LogP contribution is -2.61. The number of ether oxygens (including phenoxy) is 2. The first-order valence-corrected chi connectivity index (χ1v) is 20.8. The van der Waals surface area contributed by atoms with E-state index in [9.17, 15) is 47.1 Å². The number of fused-ring (bicyclic) bond motifs is 2. The second kappa shape index (κ2) is 22.0. The number of pyridine rings is 1. The van der Waals surface area contributed by atoms with Gasteiger partial charge in [0, 0.05) is 38.8 Å². The summed E-state index contributed by atoms with van der Waals surface area (Å²) in [6.07, 6.45) is 7.00. The number of likely N-dealkylation sites (N-methyl/N-ethyl adjacent to an activating group) is 1. The van der Waals surface area contributed by atoms with Gasteiger partial charge in [-0.3, -0.25) is 38.5 Å². The van der Waals surface area contributed by atoms with E-state index >= 15 is 0 Å². The molecule has 62 heavy (non-hydrogen) atoms. The lowest BCUT2D eigenvalue weighted by atomic mass is 10.0. The molecule has 0 bridgehead atoms. The molecule has 6 atom stereocenters. The van der Waals surface area contributed by atoms with Gasteiger partial charge in [0.1, 0.15) is 61.1 Å². The molecule has 0 aliphatic carbocycles. The molecule has 0 unspecified atom stereocenters. The molecule has 0 spiro atoms. The Bertz CT molecular complexity index is 2000. The minimum absolute atomic E-state index is 0.0168. The highest BCUT2D eigenvalue weighted by Gasteiger charge is 2.44. The Labute approximate surface area is 357 Å². The monoisotopic (exact) mass is 865 g/mol. The molecule has 5 rings (SSSR count). The lowest BCUT2D eigenvalue weighted by molar-refractivity contribution is -0.158. The number of amides is 6. The third-order valence-corrected chi connectivity index (χ3v) is 10.9. The first kappa shape index (κ1) is 46.8. The van der Waals surface area contributed by atoms with Crippen LogP contribution < -0.4 is 16.0 Å². The highest BCUT2D eigenvalue weighted by molar-refractivity contribution is 5.98. The van der Waals surface area contributed by atoms with Crippen molar-refractivity contribution in [2.75, 3.05) is 33.4 Å². The summed E-state index contributed by atoms with van der Waals surface area (Å²) in [5, 5.41) is 7.67. The number of rotatable bonds is 13. The SMILES string of the molecule is CCCC/C=C/C(=O)N[C@@H](Cc1cc(F)cc(F)c1)C(=O)N[C@H]1COC(=O)[C@@H]2CCCN2C(=O)[C@H](C)NC(=O)[C@H](COC(=O)Cc2ccccn2)N(C)C(=O)[C@@H]2CCCN2C1=O. The van der Waals surface area contributed by atoms with E-state index in [1.807, 2.05) is 6.92 Å². The fraction of sp³-hybridized carbons (Fsp3) is 0.512. The van der Waals surface area contributed by atoms with Crippen LogP contribution in [0, 0.1) is 11.6 Å². The van der Waals surface area contributed by atoms with Gasteiger partial charge >= 0.3 is 11.9 Å². The van der Waals surface area contributed by atoms with E-state index in [4.69, 9.17) is 9.47 Å². The third kappa shape index (κ3) is 12.4. The number of nitrogens with one attached hydrogen (secondary N) is 3. The maximum Gasteiger partial charge on any atom is 0.328 e. The maximum atomic E-state index is 14.5. The first-order chi connectivity index (χ1) is 29.7. The fourth-order valence-electron chi connectivity index (χ4n) is 7.62. The number of carbonyl (C=O) groups excluding carboxylic acids is 8. The van der Waals surface area contributed by atoms with Gasteiger partial charge in [0.05, 0.1) is 12.1 Å². The molecule has 1 aromatic carbocycles. The first-order valence-electron chi connectivity index (χ1n) is 20.8. The van der Waals surface area contributed by atoms with Crippen LogP contribution >= 0.6 is 0 Å². The van der Waals surface area contributed by atoms with Gasteiger partial charge in [-0.05, 0) is 74.9 Å². The van der Waals surface area contributed by atoms with Gasteiger partial charge in [-0.2, -0.15) is 0 Å². The molecule has 2 aromatic rings. The average Bonchev–Trinajstić information content (AvgIpc) is 3.94. The Morgan fingerprint density at radius 1 is 0.984 bits per heavy atom. The molecule has 19 heteroatoms. The largest absolute Gasteiger partial charge is 0.463 e. The molecule has 17 nitrogen and oxygen atoms in total. The smallest absolute Gasteiger partial charge is 0.328 e. The normalized spacial score (nSPS) is 23.1. The van der Waals surface area contributed by atoms with Gasteiger partial charge in [0.25, 0.3) is 0 Å². The van der Waals surface area contributed by atoms with Crippen LogP contribution in [0.2, 0.25) is 0 Å². The van der Waals surface area contributed by atoms with Crippen LogP contribution in [0.3, 0.4) is 0 Å². The van der Waals surface area contributed by atoms with Crippen molar-refractivity contribution in [3.8, 4) is 0 Å². The van der Waals surface area contributed by atoms with Crippen LogP contribution in [0.4, 0.5) is 8.78 Å². The van der Waals surface area contributed by atoms with E-state index in [0.717, 1.165) is 29.9 Å². The van der Waals surface area contributed by atoms with Crippen LogP contribution in [-0.4, -0.2) is 137 Å². The standard InChI is InChI=1S/C43H53F2N7O10/c1-4-5-6-7-15-36(53)48-31(21-27-19-28(44)22-29(45)20-27)38(55)49-32-24-62-43(60)34-14-11-18-52(34)40(57)26(2)47-39(56)35(25-61-37(54)23-30-12-8-9-16-46-30)50(3)42(59)33-13-10-17-51(33)41(32)58/h7-9,12,15-16,19-20,22,26,31-35H,4-6,10-11,13-14,17-18,21,23-25H2,1-3H3,(H,47,56)(H,48,53)(H,49,55)/b15-7+/t26-,31-,32-,33-,34-,35-/m0/s1. The number of nitrogens with zero attached hydrogens (tertiary/aromatic N) is 4. The second-order valence-electron chi connectivity index (χ2n) is 15.5.